The van der Waals surface area contributed by atoms with E-state index in [-0.39, 0.29) is 23.9 Å². The van der Waals surface area contributed by atoms with Crippen molar-refractivity contribution in [2.45, 2.75) is 31.5 Å². The van der Waals surface area contributed by atoms with E-state index in [9.17, 15) is 26.7 Å². The molecule has 2 aromatic rings. The van der Waals surface area contributed by atoms with Gasteiger partial charge in [-0.2, -0.15) is 13.2 Å². The van der Waals surface area contributed by atoms with Crippen LogP contribution in [0.4, 0.5) is 27.6 Å². The molecular weight excluding hydrogens is 411 g/mol. The van der Waals surface area contributed by atoms with Crippen LogP contribution in [-0.2, 0) is 6.18 Å². The molecule has 0 aliphatic carbocycles. The molecule has 0 unspecified atom stereocenters. The Labute approximate surface area is 162 Å². The molecule has 1 aliphatic heterocycles. The summed E-state index contributed by atoms with van der Waals surface area (Å²) in [5.41, 5.74) is -1.53. The number of piperidine rings is 1. The van der Waals surface area contributed by atoms with E-state index in [2.05, 4.69) is 15.7 Å². The van der Waals surface area contributed by atoms with Crippen LogP contribution >= 0.6 is 12.4 Å². The average Bonchev–Trinajstić information content (AvgIpc) is 3.05. The number of anilines is 1. The molecule has 12 heteroatoms. The number of hydrogen-bond acceptors (Lipinski definition) is 5. The average molecular weight is 429 g/mol. The third-order valence-corrected chi connectivity index (χ3v) is 4.50. The number of rotatable bonds is 5. The molecule has 3 rings (SSSR count). The van der Waals surface area contributed by atoms with Gasteiger partial charge >= 0.3 is 11.9 Å². The van der Waals surface area contributed by atoms with Gasteiger partial charge in [0.2, 0.25) is 5.89 Å². The summed E-state index contributed by atoms with van der Waals surface area (Å²) in [5, 5.41) is 11.0. The lowest BCUT2D eigenvalue weighted by molar-refractivity contribution is -0.137. The minimum Gasteiger partial charge on any atom is -0.388 e. The number of halogens is 6. The molecule has 1 saturated heterocycles. The quantitative estimate of drug-likeness (QED) is 0.635. The van der Waals surface area contributed by atoms with Crippen LogP contribution in [0.25, 0.3) is 11.5 Å². The van der Waals surface area contributed by atoms with Gasteiger partial charge in [0, 0.05) is 11.3 Å². The van der Waals surface area contributed by atoms with Crippen LogP contribution in [0.3, 0.4) is 0 Å². The van der Waals surface area contributed by atoms with Gasteiger partial charge in [-0.15, -0.1) is 17.5 Å². The van der Waals surface area contributed by atoms with E-state index in [0.29, 0.717) is 25.9 Å². The zero-order valence-corrected chi connectivity index (χ0v) is 15.2. The lowest BCUT2D eigenvalue weighted by Gasteiger charge is -2.32. The van der Waals surface area contributed by atoms with Crippen molar-refractivity contribution in [2.75, 3.05) is 18.4 Å². The highest BCUT2D eigenvalue weighted by Crippen LogP contribution is 2.38. The maximum atomic E-state index is 13.6. The number of hydrogen-bond donors (Lipinski definition) is 3. The van der Waals surface area contributed by atoms with Gasteiger partial charge in [0.15, 0.2) is 0 Å². The smallest absolute Gasteiger partial charge is 0.388 e. The molecule has 1 aromatic carbocycles. The zero-order chi connectivity index (χ0) is 19.6. The number of nitrogens with one attached hydrogen (secondary N) is 3. The molecule has 6 nitrogen and oxygen atoms in total. The Morgan fingerprint density at radius 2 is 1.89 bits per heavy atom. The van der Waals surface area contributed by atoms with Crippen molar-refractivity contribution in [1.82, 2.24) is 15.5 Å². The molecule has 0 spiro atoms. The summed E-state index contributed by atoms with van der Waals surface area (Å²) in [6.07, 6.45) is -6.73. The van der Waals surface area contributed by atoms with Crippen LogP contribution in [-0.4, -0.2) is 35.8 Å². The number of alkyl halides is 5. The first-order valence-electron chi connectivity index (χ1n) is 8.28. The van der Waals surface area contributed by atoms with Crippen molar-refractivity contribution in [3.63, 3.8) is 0 Å². The van der Waals surface area contributed by atoms with Crippen LogP contribution < -0.4 is 16.4 Å². The molecule has 156 valence electrons. The van der Waals surface area contributed by atoms with E-state index in [0.717, 1.165) is 18.2 Å². The maximum absolute atomic E-state index is 13.6. The third kappa shape index (κ3) is 5.02. The highest BCUT2D eigenvalue weighted by molar-refractivity contribution is 5.85. The van der Waals surface area contributed by atoms with Crippen LogP contribution in [0.5, 0.6) is 0 Å². The van der Waals surface area contributed by atoms with Gasteiger partial charge in [0.1, 0.15) is 0 Å². The van der Waals surface area contributed by atoms with Crippen LogP contribution in [0.1, 0.15) is 18.4 Å². The minimum absolute atomic E-state index is 0. The number of nitrogens with zero attached hydrogens (tertiary/aromatic N) is 1. The van der Waals surface area contributed by atoms with Gasteiger partial charge in [-0.25, -0.2) is 18.7 Å². The first kappa shape index (κ1) is 22.2. The summed E-state index contributed by atoms with van der Waals surface area (Å²) < 4.78 is 71.9. The zero-order valence-electron chi connectivity index (χ0n) is 14.4. The predicted octanol–water partition coefficient (Wildman–Crippen LogP) is 3.52. The fourth-order valence-electron chi connectivity index (χ4n) is 3.17. The molecular formula is C16H18ClF5N4O2. The fourth-order valence-corrected chi connectivity index (χ4v) is 3.17. The molecule has 1 fully saturated rings. The van der Waals surface area contributed by atoms with Gasteiger partial charge in [-0.05, 0) is 50.0 Å². The van der Waals surface area contributed by atoms with Crippen molar-refractivity contribution in [3.05, 3.63) is 34.3 Å². The second kappa shape index (κ2) is 8.91. The molecule has 0 amide bonds. The van der Waals surface area contributed by atoms with Crippen molar-refractivity contribution in [1.29, 1.82) is 0 Å². The van der Waals surface area contributed by atoms with Crippen LogP contribution in [0.15, 0.2) is 27.4 Å². The first-order valence-corrected chi connectivity index (χ1v) is 8.28. The molecule has 0 radical (unpaired) electrons. The Hall–Kier alpha value is -2.14. The number of aromatic amines is 1. The molecule has 28 heavy (non-hydrogen) atoms. The summed E-state index contributed by atoms with van der Waals surface area (Å²) in [7, 11) is 0. The van der Waals surface area contributed by atoms with E-state index in [1.54, 1.807) is 0 Å². The molecule has 0 bridgehead atoms. The molecule has 1 aromatic heterocycles. The standard InChI is InChI=1S/C16H17F5N4O2.ClH/c17-13(18)12(8-3-5-22-6-4-8)23-11-7-9(14-24-25-15(26)27-14)1-2-10(11)16(19,20)21;/h1-2,7-8,12-13,22-23H,3-6H2,(H,25,26);1H/t12-;/m1./s1. The molecule has 0 saturated carbocycles. The van der Waals surface area contributed by atoms with Crippen molar-refractivity contribution in [2.24, 2.45) is 5.92 Å². The Morgan fingerprint density at radius 1 is 1.21 bits per heavy atom. The van der Waals surface area contributed by atoms with E-state index < -0.39 is 41.6 Å². The van der Waals surface area contributed by atoms with Gasteiger partial charge in [-0.3, -0.25) is 0 Å². The second-order valence-corrected chi connectivity index (χ2v) is 6.27. The largest absolute Gasteiger partial charge is 0.434 e. The van der Waals surface area contributed by atoms with Crippen molar-refractivity contribution in [3.8, 4) is 11.5 Å². The number of benzene rings is 1. The fraction of sp³-hybridized carbons (Fsp3) is 0.500. The Kier molecular flexibility index (Phi) is 7.05. The van der Waals surface area contributed by atoms with Crippen molar-refractivity contribution >= 4 is 18.1 Å². The topological polar surface area (TPSA) is 83.0 Å². The van der Waals surface area contributed by atoms with E-state index in [4.69, 9.17) is 4.42 Å². The van der Waals surface area contributed by atoms with Crippen LogP contribution in [0, 0.1) is 5.92 Å². The lowest BCUT2D eigenvalue weighted by Crippen LogP contribution is -2.42. The Morgan fingerprint density at radius 3 is 2.43 bits per heavy atom. The predicted molar refractivity (Wildman–Crippen MR) is 93.8 cm³/mol. The highest BCUT2D eigenvalue weighted by Gasteiger charge is 2.37. The lowest BCUT2D eigenvalue weighted by atomic mass is 9.90. The van der Waals surface area contributed by atoms with Gasteiger partial charge in [0.05, 0.1) is 11.6 Å². The monoisotopic (exact) mass is 428 g/mol. The summed E-state index contributed by atoms with van der Waals surface area (Å²) in [6.45, 7) is 1.06. The third-order valence-electron chi connectivity index (χ3n) is 4.50. The molecule has 2 heterocycles. The SMILES string of the molecule is Cl.O=c1[nH]nc(-c2ccc(C(F)(F)F)c(N[C@@H](C(F)F)C3CCNCC3)c2)o1. The highest BCUT2D eigenvalue weighted by atomic mass is 35.5. The van der Waals surface area contributed by atoms with Gasteiger partial charge in [0.25, 0.3) is 6.43 Å². The van der Waals surface area contributed by atoms with Gasteiger partial charge in [-0.1, -0.05) is 0 Å². The minimum atomic E-state index is -4.74. The first-order chi connectivity index (χ1) is 12.8. The summed E-state index contributed by atoms with van der Waals surface area (Å²) in [4.78, 5) is 11.1. The Balaban J connectivity index is 0.00000280. The molecule has 3 N–H and O–H groups in total. The summed E-state index contributed by atoms with van der Waals surface area (Å²) in [5.74, 6) is -1.58. The second-order valence-electron chi connectivity index (χ2n) is 6.27. The van der Waals surface area contributed by atoms with E-state index >= 15 is 0 Å². The molecule has 1 aliphatic rings. The number of H-pyrrole nitrogens is 1. The summed E-state index contributed by atoms with van der Waals surface area (Å²) >= 11 is 0. The van der Waals surface area contributed by atoms with Crippen LogP contribution in [0.2, 0.25) is 0 Å². The van der Waals surface area contributed by atoms with Crippen molar-refractivity contribution < 1.29 is 26.4 Å². The number of aromatic nitrogens is 2. The molecule has 1 atom stereocenters. The normalized spacial score (nSPS) is 16.6. The van der Waals surface area contributed by atoms with Gasteiger partial charge < -0.3 is 15.1 Å². The van der Waals surface area contributed by atoms with E-state index in [1.807, 2.05) is 5.10 Å². The van der Waals surface area contributed by atoms with E-state index in [1.165, 1.54) is 0 Å². The maximum Gasteiger partial charge on any atom is 0.434 e. The summed E-state index contributed by atoms with van der Waals surface area (Å²) in [6, 6.07) is 1.39. The Bertz CT molecular complexity index is 833.